The summed E-state index contributed by atoms with van der Waals surface area (Å²) >= 11 is 0. The highest BCUT2D eigenvalue weighted by molar-refractivity contribution is 5.85. The van der Waals surface area contributed by atoms with Crippen molar-refractivity contribution in [2.75, 3.05) is 13.1 Å². The van der Waals surface area contributed by atoms with Gasteiger partial charge < -0.3 is 10.2 Å². The summed E-state index contributed by atoms with van der Waals surface area (Å²) in [5, 5.41) is 3.28. The van der Waals surface area contributed by atoms with Crippen LogP contribution in [0.1, 0.15) is 25.3 Å². The van der Waals surface area contributed by atoms with Crippen LogP contribution in [0, 0.1) is 5.92 Å². The smallest absolute Gasteiger partial charge is 0.255 e. The molecule has 2 rings (SSSR count). The van der Waals surface area contributed by atoms with E-state index in [1.165, 1.54) is 4.90 Å². The SMILES string of the molecule is C[C@H]1C[C@@H](C(=O)N(Cc2ccccc2)CC(F)F)CCN1.Cl. The lowest BCUT2D eigenvalue weighted by Gasteiger charge is -2.32. The van der Waals surface area contributed by atoms with Crippen LogP contribution in [0.15, 0.2) is 30.3 Å². The van der Waals surface area contributed by atoms with E-state index >= 15 is 0 Å². The van der Waals surface area contributed by atoms with Gasteiger partial charge >= 0.3 is 0 Å². The molecule has 1 aliphatic heterocycles. The van der Waals surface area contributed by atoms with Gasteiger partial charge in [-0.15, -0.1) is 12.4 Å². The van der Waals surface area contributed by atoms with Crippen molar-refractivity contribution in [1.29, 1.82) is 0 Å². The molecule has 3 nitrogen and oxygen atoms in total. The van der Waals surface area contributed by atoms with Crippen molar-refractivity contribution in [2.24, 2.45) is 5.92 Å². The maximum absolute atomic E-state index is 12.8. The molecule has 0 bridgehead atoms. The molecule has 1 heterocycles. The quantitative estimate of drug-likeness (QED) is 0.898. The molecule has 1 saturated heterocycles. The molecule has 6 heteroatoms. The minimum atomic E-state index is -2.50. The first kappa shape index (κ1) is 18.8. The third-order valence-electron chi connectivity index (χ3n) is 3.86. The van der Waals surface area contributed by atoms with Crippen LogP contribution in [0.5, 0.6) is 0 Å². The highest BCUT2D eigenvalue weighted by atomic mass is 35.5. The van der Waals surface area contributed by atoms with Crippen molar-refractivity contribution in [3.05, 3.63) is 35.9 Å². The molecule has 1 aromatic rings. The number of halogens is 3. The highest BCUT2D eigenvalue weighted by Gasteiger charge is 2.29. The molecule has 0 radical (unpaired) electrons. The van der Waals surface area contributed by atoms with E-state index in [4.69, 9.17) is 0 Å². The van der Waals surface area contributed by atoms with Gasteiger partial charge in [0.15, 0.2) is 0 Å². The average Bonchev–Trinajstić information content (AvgIpc) is 2.46. The lowest BCUT2D eigenvalue weighted by Crippen LogP contribution is -2.45. The Hall–Kier alpha value is -1.20. The predicted molar refractivity (Wildman–Crippen MR) is 85.3 cm³/mol. The van der Waals surface area contributed by atoms with Gasteiger partial charge in [-0.05, 0) is 31.9 Å². The summed E-state index contributed by atoms with van der Waals surface area (Å²) in [4.78, 5) is 13.9. The largest absolute Gasteiger partial charge is 0.332 e. The summed E-state index contributed by atoms with van der Waals surface area (Å²) < 4.78 is 25.6. The fourth-order valence-corrected chi connectivity index (χ4v) is 2.82. The molecule has 1 fully saturated rings. The number of amides is 1. The molecule has 1 amide bonds. The standard InChI is InChI=1S/C16H22F2N2O.ClH/c1-12-9-14(7-8-19-12)16(21)20(11-15(17)18)10-13-5-3-2-4-6-13;/h2-6,12,14-15,19H,7-11H2,1H3;1H/t12-,14-;/m0./s1. The number of nitrogens with zero attached hydrogens (tertiary/aromatic N) is 1. The van der Waals surface area contributed by atoms with Crippen LogP contribution in [0.4, 0.5) is 8.78 Å². The van der Waals surface area contributed by atoms with E-state index in [-0.39, 0.29) is 36.8 Å². The molecule has 1 N–H and O–H groups in total. The van der Waals surface area contributed by atoms with Gasteiger partial charge in [0.25, 0.3) is 6.43 Å². The van der Waals surface area contributed by atoms with Gasteiger partial charge in [0.2, 0.25) is 5.91 Å². The van der Waals surface area contributed by atoms with Crippen LogP contribution in [-0.4, -0.2) is 36.4 Å². The second-order valence-corrected chi connectivity index (χ2v) is 5.67. The van der Waals surface area contributed by atoms with Crippen molar-refractivity contribution in [2.45, 2.75) is 38.8 Å². The number of carbonyl (C=O) groups is 1. The molecule has 0 aliphatic carbocycles. The van der Waals surface area contributed by atoms with E-state index in [0.717, 1.165) is 18.5 Å². The molecule has 1 aromatic carbocycles. The molecular formula is C16H23ClF2N2O. The van der Waals surface area contributed by atoms with E-state index in [1.807, 2.05) is 37.3 Å². The zero-order chi connectivity index (χ0) is 15.2. The molecule has 22 heavy (non-hydrogen) atoms. The van der Waals surface area contributed by atoms with Crippen molar-refractivity contribution < 1.29 is 13.6 Å². The third-order valence-corrected chi connectivity index (χ3v) is 3.86. The van der Waals surface area contributed by atoms with Gasteiger partial charge in [-0.3, -0.25) is 4.79 Å². The fraction of sp³-hybridized carbons (Fsp3) is 0.562. The number of piperidine rings is 1. The molecule has 0 spiro atoms. The number of rotatable bonds is 5. The summed E-state index contributed by atoms with van der Waals surface area (Å²) in [7, 11) is 0. The van der Waals surface area contributed by atoms with E-state index in [1.54, 1.807) is 0 Å². The molecule has 0 aromatic heterocycles. The number of alkyl halides is 2. The van der Waals surface area contributed by atoms with Crippen molar-refractivity contribution in [3.8, 4) is 0 Å². The second kappa shape index (κ2) is 9.06. The maximum Gasteiger partial charge on any atom is 0.255 e. The maximum atomic E-state index is 12.8. The summed E-state index contributed by atoms with van der Waals surface area (Å²) in [6, 6.07) is 9.56. The molecule has 2 atom stereocenters. The Balaban J connectivity index is 0.00000242. The predicted octanol–water partition coefficient (Wildman–Crippen LogP) is 3.09. The van der Waals surface area contributed by atoms with Gasteiger partial charge in [0, 0.05) is 18.5 Å². The summed E-state index contributed by atoms with van der Waals surface area (Å²) in [6.07, 6.45) is -1.07. The van der Waals surface area contributed by atoms with Gasteiger partial charge in [-0.25, -0.2) is 8.78 Å². The van der Waals surface area contributed by atoms with Gasteiger partial charge in [0.05, 0.1) is 6.54 Å². The summed E-state index contributed by atoms with van der Waals surface area (Å²) in [6.45, 7) is 2.55. The van der Waals surface area contributed by atoms with Crippen LogP contribution in [0.25, 0.3) is 0 Å². The monoisotopic (exact) mass is 332 g/mol. The number of carbonyl (C=O) groups excluding carboxylic acids is 1. The van der Waals surface area contributed by atoms with Crippen LogP contribution in [0.2, 0.25) is 0 Å². The van der Waals surface area contributed by atoms with Crippen LogP contribution in [-0.2, 0) is 11.3 Å². The Morgan fingerprint density at radius 3 is 2.64 bits per heavy atom. The zero-order valence-electron chi connectivity index (χ0n) is 12.7. The van der Waals surface area contributed by atoms with Crippen LogP contribution >= 0.6 is 12.4 Å². The van der Waals surface area contributed by atoms with Crippen molar-refractivity contribution in [1.82, 2.24) is 10.2 Å². The van der Waals surface area contributed by atoms with E-state index in [2.05, 4.69) is 5.32 Å². The van der Waals surface area contributed by atoms with Crippen molar-refractivity contribution in [3.63, 3.8) is 0 Å². The van der Waals surface area contributed by atoms with Crippen LogP contribution < -0.4 is 5.32 Å². The second-order valence-electron chi connectivity index (χ2n) is 5.67. The van der Waals surface area contributed by atoms with Gasteiger partial charge in [-0.2, -0.15) is 0 Å². The third kappa shape index (κ3) is 5.54. The summed E-state index contributed by atoms with van der Waals surface area (Å²) in [5.41, 5.74) is 0.883. The Morgan fingerprint density at radius 2 is 2.05 bits per heavy atom. The van der Waals surface area contributed by atoms with Crippen molar-refractivity contribution >= 4 is 18.3 Å². The normalized spacial score (nSPS) is 21.3. The Kier molecular flexibility index (Phi) is 7.76. The molecule has 0 saturated carbocycles. The number of nitrogens with one attached hydrogen (secondary N) is 1. The first-order chi connectivity index (χ1) is 10.1. The lowest BCUT2D eigenvalue weighted by molar-refractivity contribution is -0.139. The first-order valence-corrected chi connectivity index (χ1v) is 7.40. The van der Waals surface area contributed by atoms with E-state index in [0.29, 0.717) is 6.42 Å². The van der Waals surface area contributed by atoms with Crippen LogP contribution in [0.3, 0.4) is 0 Å². The minimum Gasteiger partial charge on any atom is -0.332 e. The van der Waals surface area contributed by atoms with Gasteiger partial charge in [-0.1, -0.05) is 30.3 Å². The number of benzene rings is 1. The molecule has 0 unspecified atom stereocenters. The van der Waals surface area contributed by atoms with Gasteiger partial charge in [0.1, 0.15) is 0 Å². The van der Waals surface area contributed by atoms with E-state index in [9.17, 15) is 13.6 Å². The molecular weight excluding hydrogens is 310 g/mol. The Bertz CT molecular complexity index is 459. The number of hydrogen-bond donors (Lipinski definition) is 1. The molecule has 1 aliphatic rings. The highest BCUT2D eigenvalue weighted by Crippen LogP contribution is 2.20. The first-order valence-electron chi connectivity index (χ1n) is 7.40. The summed E-state index contributed by atoms with van der Waals surface area (Å²) in [5.74, 6) is -0.295. The fourth-order valence-electron chi connectivity index (χ4n) is 2.82. The molecule has 124 valence electrons. The topological polar surface area (TPSA) is 32.3 Å². The lowest BCUT2D eigenvalue weighted by atomic mass is 9.92. The minimum absolute atomic E-state index is 0. The van der Waals surface area contributed by atoms with E-state index < -0.39 is 13.0 Å². The zero-order valence-corrected chi connectivity index (χ0v) is 13.5. The number of hydrogen-bond acceptors (Lipinski definition) is 2. The average molecular weight is 333 g/mol. The Labute approximate surface area is 136 Å². The Morgan fingerprint density at radius 1 is 1.36 bits per heavy atom.